The number of nitrogens with zero attached hydrogens (tertiary/aromatic N) is 4. The fraction of sp³-hybridized carbons (Fsp3) is 0.227. The molecule has 29 heavy (non-hydrogen) atoms. The van der Waals surface area contributed by atoms with Gasteiger partial charge in [-0.1, -0.05) is 53.9 Å². The van der Waals surface area contributed by atoms with Crippen LogP contribution in [0.3, 0.4) is 0 Å². The summed E-state index contributed by atoms with van der Waals surface area (Å²) in [6.45, 7) is 2.01. The Labute approximate surface area is 178 Å². The smallest absolute Gasteiger partial charge is 0.268 e. The van der Waals surface area contributed by atoms with Gasteiger partial charge in [0.1, 0.15) is 0 Å². The van der Waals surface area contributed by atoms with Gasteiger partial charge >= 0.3 is 0 Å². The van der Waals surface area contributed by atoms with Crippen molar-refractivity contribution in [3.63, 3.8) is 0 Å². The lowest BCUT2D eigenvalue weighted by molar-refractivity contribution is 0.338. The van der Waals surface area contributed by atoms with Crippen LogP contribution in [0.2, 0.25) is 10.0 Å². The summed E-state index contributed by atoms with van der Waals surface area (Å²) in [5.41, 5.74) is 4.27. The second-order valence-corrected chi connectivity index (χ2v) is 8.11. The van der Waals surface area contributed by atoms with Crippen LogP contribution in [0.1, 0.15) is 36.6 Å². The molecule has 1 fully saturated rings. The van der Waals surface area contributed by atoms with Crippen LogP contribution in [-0.4, -0.2) is 20.0 Å². The molecule has 5 nitrogen and oxygen atoms in total. The molecular weight excluding hydrogens is 407 g/mol. The highest BCUT2D eigenvalue weighted by molar-refractivity contribution is 6.32. The number of benzene rings is 2. The second-order valence-electron chi connectivity index (χ2n) is 7.27. The highest BCUT2D eigenvalue weighted by atomic mass is 35.5. The van der Waals surface area contributed by atoms with Crippen molar-refractivity contribution in [3.05, 3.63) is 70.0 Å². The monoisotopic (exact) mass is 424 g/mol. The molecule has 0 unspecified atom stereocenters. The minimum Gasteiger partial charge on any atom is -0.419 e. The van der Waals surface area contributed by atoms with Crippen LogP contribution >= 0.6 is 23.2 Å². The first-order valence-electron chi connectivity index (χ1n) is 9.56. The summed E-state index contributed by atoms with van der Waals surface area (Å²) in [6.07, 6.45) is 3.42. The van der Waals surface area contributed by atoms with Gasteiger partial charge in [0.2, 0.25) is 5.89 Å². The quantitative estimate of drug-likeness (QED) is 0.376. The molecule has 0 aliphatic heterocycles. The lowest BCUT2D eigenvalue weighted by Crippen LogP contribution is -2.08. The molecule has 4 aromatic rings. The lowest BCUT2D eigenvalue weighted by atomic mass is 9.85. The summed E-state index contributed by atoms with van der Waals surface area (Å²) in [7, 11) is 0. The van der Waals surface area contributed by atoms with E-state index in [2.05, 4.69) is 10.2 Å². The van der Waals surface area contributed by atoms with Gasteiger partial charge in [-0.3, -0.25) is 0 Å². The maximum Gasteiger partial charge on any atom is 0.268 e. The Morgan fingerprint density at radius 2 is 1.76 bits per heavy atom. The maximum absolute atomic E-state index is 6.49. The van der Waals surface area contributed by atoms with E-state index in [1.807, 2.05) is 60.1 Å². The highest BCUT2D eigenvalue weighted by Gasteiger charge is 2.28. The number of halogens is 2. The Morgan fingerprint density at radius 1 is 1.00 bits per heavy atom. The average Bonchev–Trinajstić information content (AvgIpc) is 3.26. The fourth-order valence-electron chi connectivity index (χ4n) is 3.59. The van der Waals surface area contributed by atoms with Crippen molar-refractivity contribution < 1.29 is 4.42 Å². The summed E-state index contributed by atoms with van der Waals surface area (Å²) in [5, 5.41) is 14.7. The molecule has 0 amide bonds. The molecule has 0 radical (unpaired) electrons. The summed E-state index contributed by atoms with van der Waals surface area (Å²) in [4.78, 5) is 0. The van der Waals surface area contributed by atoms with Gasteiger partial charge in [0, 0.05) is 22.1 Å². The Kier molecular flexibility index (Phi) is 4.64. The third kappa shape index (κ3) is 3.24. The normalized spacial score (nSPS) is 14.2. The molecule has 1 aliphatic carbocycles. The predicted molar refractivity (Wildman–Crippen MR) is 114 cm³/mol. The lowest BCUT2D eigenvalue weighted by Gasteiger charge is -2.20. The molecule has 2 aromatic carbocycles. The highest BCUT2D eigenvalue weighted by Crippen LogP contribution is 2.38. The van der Waals surface area contributed by atoms with E-state index in [0.717, 1.165) is 35.3 Å². The molecule has 1 saturated carbocycles. The first-order valence-corrected chi connectivity index (χ1v) is 10.3. The van der Waals surface area contributed by atoms with Crippen molar-refractivity contribution in [2.24, 2.45) is 0 Å². The van der Waals surface area contributed by atoms with Gasteiger partial charge in [-0.25, -0.2) is 4.68 Å². The van der Waals surface area contributed by atoms with E-state index >= 15 is 0 Å². The van der Waals surface area contributed by atoms with Gasteiger partial charge in [0.05, 0.1) is 16.4 Å². The summed E-state index contributed by atoms with van der Waals surface area (Å²) >= 11 is 12.6. The van der Waals surface area contributed by atoms with E-state index < -0.39 is 0 Å². The minimum absolute atomic E-state index is 0.373. The minimum atomic E-state index is 0.373. The third-order valence-corrected chi connectivity index (χ3v) is 5.99. The standard InChI is InChI=1S/C22H18Cl2N4O/c1-13-19(22-26-25-21(29-22)15-5-4-6-15)27-28(18-8-3-2-7-17(18)24)20(13)14-9-11-16(23)12-10-14/h2-3,7-12,15H,4-6H2,1H3. The molecule has 146 valence electrons. The fourth-order valence-corrected chi connectivity index (χ4v) is 3.94. The molecule has 0 spiro atoms. The average molecular weight is 425 g/mol. The molecule has 7 heteroatoms. The van der Waals surface area contributed by atoms with E-state index in [1.54, 1.807) is 0 Å². The summed E-state index contributed by atoms with van der Waals surface area (Å²) in [6, 6.07) is 15.3. The predicted octanol–water partition coefficient (Wildman–Crippen LogP) is 6.47. The maximum atomic E-state index is 6.49. The second kappa shape index (κ2) is 7.32. The van der Waals surface area contributed by atoms with Crippen LogP contribution in [-0.2, 0) is 0 Å². The van der Waals surface area contributed by atoms with Crippen molar-refractivity contribution in [1.29, 1.82) is 0 Å². The molecule has 2 heterocycles. The van der Waals surface area contributed by atoms with Crippen LogP contribution in [0, 0.1) is 6.92 Å². The number of para-hydroxylation sites is 1. The van der Waals surface area contributed by atoms with Crippen molar-refractivity contribution in [3.8, 4) is 28.5 Å². The van der Waals surface area contributed by atoms with Crippen molar-refractivity contribution in [1.82, 2.24) is 20.0 Å². The zero-order valence-corrected chi connectivity index (χ0v) is 17.3. The summed E-state index contributed by atoms with van der Waals surface area (Å²) < 4.78 is 7.83. The van der Waals surface area contributed by atoms with E-state index in [0.29, 0.717) is 33.4 Å². The molecule has 5 rings (SSSR count). The van der Waals surface area contributed by atoms with E-state index in [9.17, 15) is 0 Å². The van der Waals surface area contributed by atoms with Crippen LogP contribution < -0.4 is 0 Å². The van der Waals surface area contributed by atoms with Crippen LogP contribution in [0.15, 0.2) is 52.9 Å². The van der Waals surface area contributed by atoms with Gasteiger partial charge in [-0.05, 0) is 44.0 Å². The van der Waals surface area contributed by atoms with Crippen molar-refractivity contribution >= 4 is 23.2 Å². The van der Waals surface area contributed by atoms with E-state index in [-0.39, 0.29) is 0 Å². The zero-order chi connectivity index (χ0) is 20.0. The summed E-state index contributed by atoms with van der Waals surface area (Å²) in [5.74, 6) is 1.51. The molecule has 1 aliphatic rings. The number of rotatable bonds is 4. The van der Waals surface area contributed by atoms with Gasteiger partial charge in [-0.2, -0.15) is 5.10 Å². The molecule has 0 saturated heterocycles. The Balaban J connectivity index is 1.69. The Morgan fingerprint density at radius 3 is 2.45 bits per heavy atom. The van der Waals surface area contributed by atoms with Crippen LogP contribution in [0.5, 0.6) is 0 Å². The first kappa shape index (κ1) is 18.4. The Hall–Kier alpha value is -2.63. The van der Waals surface area contributed by atoms with Gasteiger partial charge in [0.15, 0.2) is 5.69 Å². The largest absolute Gasteiger partial charge is 0.419 e. The number of aromatic nitrogens is 4. The van der Waals surface area contributed by atoms with Crippen LogP contribution in [0.25, 0.3) is 28.5 Å². The molecular formula is C22H18Cl2N4O. The third-order valence-electron chi connectivity index (χ3n) is 5.42. The SMILES string of the molecule is Cc1c(-c2nnc(C3CCC3)o2)nn(-c2ccccc2Cl)c1-c1ccc(Cl)cc1. The number of hydrogen-bond acceptors (Lipinski definition) is 4. The van der Waals surface area contributed by atoms with E-state index in [1.165, 1.54) is 6.42 Å². The first-order chi connectivity index (χ1) is 14.1. The molecule has 0 bridgehead atoms. The van der Waals surface area contributed by atoms with Gasteiger partial charge in [0.25, 0.3) is 5.89 Å². The Bertz CT molecular complexity index is 1180. The number of hydrogen-bond donors (Lipinski definition) is 0. The van der Waals surface area contributed by atoms with Crippen molar-refractivity contribution in [2.45, 2.75) is 32.1 Å². The van der Waals surface area contributed by atoms with Crippen molar-refractivity contribution in [2.75, 3.05) is 0 Å². The molecule has 0 N–H and O–H groups in total. The zero-order valence-electron chi connectivity index (χ0n) is 15.8. The van der Waals surface area contributed by atoms with Gasteiger partial charge < -0.3 is 4.42 Å². The molecule has 2 aromatic heterocycles. The topological polar surface area (TPSA) is 56.7 Å². The van der Waals surface area contributed by atoms with Crippen LogP contribution in [0.4, 0.5) is 0 Å². The van der Waals surface area contributed by atoms with Gasteiger partial charge in [-0.15, -0.1) is 10.2 Å². The van der Waals surface area contributed by atoms with E-state index in [4.69, 9.17) is 32.7 Å². The molecule has 0 atom stereocenters.